The summed E-state index contributed by atoms with van der Waals surface area (Å²) in [4.78, 5) is 24.3. The lowest BCUT2D eigenvalue weighted by atomic mass is 10.3. The van der Waals surface area contributed by atoms with Crippen LogP contribution in [0.25, 0.3) is 0 Å². The minimum atomic E-state index is -0.404. The molecule has 0 spiro atoms. The fraction of sp³-hybridized carbons (Fsp3) is 0.333. The van der Waals surface area contributed by atoms with E-state index in [0.29, 0.717) is 18.8 Å². The summed E-state index contributed by atoms with van der Waals surface area (Å²) in [6.45, 7) is 2.30. The summed E-state index contributed by atoms with van der Waals surface area (Å²) in [5, 5.41) is 5.57. The van der Waals surface area contributed by atoms with Crippen LogP contribution in [-0.4, -0.2) is 37.0 Å². The highest BCUT2D eigenvalue weighted by Crippen LogP contribution is 2.06. The molecule has 17 heavy (non-hydrogen) atoms. The normalized spacial score (nSPS) is 9.76. The van der Waals surface area contributed by atoms with E-state index in [1.165, 1.54) is 11.8 Å². The average Bonchev–Trinajstić information content (AvgIpc) is 2.30. The van der Waals surface area contributed by atoms with Gasteiger partial charge in [0.25, 0.3) is 0 Å². The van der Waals surface area contributed by atoms with Gasteiger partial charge in [-0.1, -0.05) is 18.2 Å². The van der Waals surface area contributed by atoms with Crippen molar-refractivity contribution in [3.63, 3.8) is 0 Å². The van der Waals surface area contributed by atoms with Gasteiger partial charge in [0.15, 0.2) is 0 Å². The molecular formula is C12H17N3O2. The molecule has 0 aliphatic carbocycles. The molecule has 0 heterocycles. The van der Waals surface area contributed by atoms with Gasteiger partial charge in [0.05, 0.1) is 0 Å². The van der Waals surface area contributed by atoms with Gasteiger partial charge in [0.2, 0.25) is 5.91 Å². The molecule has 1 rings (SSSR count). The van der Waals surface area contributed by atoms with Crippen molar-refractivity contribution in [3.8, 4) is 0 Å². The number of hydrogen-bond donors (Lipinski definition) is 2. The van der Waals surface area contributed by atoms with Crippen LogP contribution >= 0.6 is 0 Å². The average molecular weight is 235 g/mol. The zero-order chi connectivity index (χ0) is 12.7. The van der Waals surface area contributed by atoms with E-state index >= 15 is 0 Å². The molecular weight excluding hydrogens is 218 g/mol. The van der Waals surface area contributed by atoms with Crippen LogP contribution in [0.15, 0.2) is 30.3 Å². The van der Waals surface area contributed by atoms with Gasteiger partial charge in [-0.25, -0.2) is 4.79 Å². The fourth-order valence-electron chi connectivity index (χ4n) is 1.34. The maximum Gasteiger partial charge on any atom is 0.328 e. The second-order valence-electron chi connectivity index (χ2n) is 3.57. The van der Waals surface area contributed by atoms with Crippen molar-refractivity contribution < 1.29 is 9.59 Å². The number of nitrogens with one attached hydrogen (secondary N) is 2. The van der Waals surface area contributed by atoms with E-state index in [-0.39, 0.29) is 5.91 Å². The summed E-state index contributed by atoms with van der Waals surface area (Å²) in [5.41, 5.74) is 0.674. The van der Waals surface area contributed by atoms with Gasteiger partial charge < -0.3 is 10.6 Å². The van der Waals surface area contributed by atoms with Crippen LogP contribution in [0.5, 0.6) is 0 Å². The topological polar surface area (TPSA) is 61.4 Å². The lowest BCUT2D eigenvalue weighted by molar-refractivity contribution is -0.125. The Morgan fingerprint density at radius 1 is 1.24 bits per heavy atom. The standard InChI is InChI=1S/C12H17N3O2/c1-10(16)15(9-8-13-2)12(17)14-11-6-4-3-5-7-11/h3-7,13H,8-9H2,1-2H3,(H,14,17). The van der Waals surface area contributed by atoms with Crippen molar-refractivity contribution >= 4 is 17.6 Å². The highest BCUT2D eigenvalue weighted by molar-refractivity contribution is 6.00. The highest BCUT2D eigenvalue weighted by Gasteiger charge is 2.16. The molecule has 0 saturated carbocycles. The predicted molar refractivity (Wildman–Crippen MR) is 66.8 cm³/mol. The number of rotatable bonds is 4. The smallest absolute Gasteiger partial charge is 0.318 e. The number of carbonyl (C=O) groups is 2. The highest BCUT2D eigenvalue weighted by atomic mass is 16.2. The SMILES string of the molecule is CNCCN(C(C)=O)C(=O)Nc1ccccc1. The van der Waals surface area contributed by atoms with Crippen LogP contribution in [0.1, 0.15) is 6.92 Å². The van der Waals surface area contributed by atoms with Crippen LogP contribution in [-0.2, 0) is 4.79 Å². The number of para-hydroxylation sites is 1. The van der Waals surface area contributed by atoms with E-state index in [1.54, 1.807) is 19.2 Å². The third kappa shape index (κ3) is 4.24. The Bertz CT molecular complexity index is 379. The quantitative estimate of drug-likeness (QED) is 0.826. The Morgan fingerprint density at radius 2 is 1.88 bits per heavy atom. The van der Waals surface area contributed by atoms with E-state index in [0.717, 1.165) is 0 Å². The lowest BCUT2D eigenvalue weighted by Gasteiger charge is -2.19. The number of carbonyl (C=O) groups excluding carboxylic acids is 2. The second-order valence-corrected chi connectivity index (χ2v) is 3.57. The number of nitrogens with zero attached hydrogens (tertiary/aromatic N) is 1. The zero-order valence-corrected chi connectivity index (χ0v) is 10.1. The van der Waals surface area contributed by atoms with Crippen molar-refractivity contribution in [3.05, 3.63) is 30.3 Å². The number of anilines is 1. The third-order valence-electron chi connectivity index (χ3n) is 2.24. The Kier molecular flexibility index (Phi) is 5.16. The van der Waals surface area contributed by atoms with Gasteiger partial charge in [-0.15, -0.1) is 0 Å². The number of hydrogen-bond acceptors (Lipinski definition) is 3. The molecule has 0 radical (unpaired) electrons. The number of urea groups is 1. The van der Waals surface area contributed by atoms with E-state index in [2.05, 4.69) is 10.6 Å². The van der Waals surface area contributed by atoms with Crippen molar-refractivity contribution in [2.45, 2.75) is 6.92 Å². The molecule has 1 aromatic carbocycles. The van der Waals surface area contributed by atoms with Crippen molar-refractivity contribution in [1.29, 1.82) is 0 Å². The molecule has 3 amide bonds. The predicted octanol–water partition coefficient (Wildman–Crippen LogP) is 1.29. The minimum Gasteiger partial charge on any atom is -0.318 e. The molecule has 0 aromatic heterocycles. The first kappa shape index (κ1) is 13.2. The van der Waals surface area contributed by atoms with Gasteiger partial charge in [-0.2, -0.15) is 0 Å². The Balaban J connectivity index is 2.62. The summed E-state index contributed by atoms with van der Waals surface area (Å²) in [5.74, 6) is -0.270. The van der Waals surface area contributed by atoms with E-state index < -0.39 is 6.03 Å². The molecule has 1 aromatic rings. The fourth-order valence-corrected chi connectivity index (χ4v) is 1.34. The molecule has 0 atom stereocenters. The first-order chi connectivity index (χ1) is 8.15. The zero-order valence-electron chi connectivity index (χ0n) is 10.1. The summed E-state index contributed by atoms with van der Waals surface area (Å²) in [6.07, 6.45) is 0. The molecule has 0 saturated heterocycles. The molecule has 0 fully saturated rings. The van der Waals surface area contributed by atoms with Crippen LogP contribution in [0.4, 0.5) is 10.5 Å². The van der Waals surface area contributed by atoms with Crippen molar-refractivity contribution in [2.24, 2.45) is 0 Å². The van der Waals surface area contributed by atoms with Gasteiger partial charge >= 0.3 is 6.03 Å². The van der Waals surface area contributed by atoms with Gasteiger partial charge in [-0.3, -0.25) is 9.69 Å². The van der Waals surface area contributed by atoms with E-state index in [9.17, 15) is 9.59 Å². The van der Waals surface area contributed by atoms with Crippen LogP contribution in [0.3, 0.4) is 0 Å². The number of benzene rings is 1. The summed E-state index contributed by atoms with van der Waals surface area (Å²) in [6, 6.07) is 8.64. The monoisotopic (exact) mass is 235 g/mol. The molecule has 92 valence electrons. The molecule has 0 bridgehead atoms. The first-order valence-electron chi connectivity index (χ1n) is 5.44. The molecule has 5 nitrogen and oxygen atoms in total. The van der Waals surface area contributed by atoms with Crippen LogP contribution in [0, 0.1) is 0 Å². The molecule has 5 heteroatoms. The number of amides is 3. The Hall–Kier alpha value is -1.88. The third-order valence-corrected chi connectivity index (χ3v) is 2.24. The molecule has 0 aliphatic heterocycles. The van der Waals surface area contributed by atoms with E-state index in [4.69, 9.17) is 0 Å². The number of likely N-dealkylation sites (N-methyl/N-ethyl adjacent to an activating group) is 1. The summed E-state index contributed by atoms with van der Waals surface area (Å²) >= 11 is 0. The molecule has 0 unspecified atom stereocenters. The lowest BCUT2D eigenvalue weighted by Crippen LogP contribution is -2.42. The van der Waals surface area contributed by atoms with Gasteiger partial charge in [0, 0.05) is 25.7 Å². The molecule has 0 aliphatic rings. The van der Waals surface area contributed by atoms with Crippen LogP contribution in [0.2, 0.25) is 0 Å². The summed E-state index contributed by atoms with van der Waals surface area (Å²) in [7, 11) is 1.77. The van der Waals surface area contributed by atoms with E-state index in [1.807, 2.05) is 18.2 Å². The minimum absolute atomic E-state index is 0.270. The van der Waals surface area contributed by atoms with Gasteiger partial charge in [0.1, 0.15) is 0 Å². The first-order valence-corrected chi connectivity index (χ1v) is 5.44. The molecule has 2 N–H and O–H groups in total. The largest absolute Gasteiger partial charge is 0.328 e. The van der Waals surface area contributed by atoms with Gasteiger partial charge in [-0.05, 0) is 19.2 Å². The number of imide groups is 1. The summed E-state index contributed by atoms with van der Waals surface area (Å²) < 4.78 is 0. The van der Waals surface area contributed by atoms with Crippen molar-refractivity contribution in [2.75, 3.05) is 25.5 Å². The Morgan fingerprint density at radius 3 is 2.41 bits per heavy atom. The maximum absolute atomic E-state index is 11.8. The Labute approximate surface area is 101 Å². The second kappa shape index (κ2) is 6.65. The maximum atomic E-state index is 11.8. The van der Waals surface area contributed by atoms with Crippen LogP contribution < -0.4 is 10.6 Å². The van der Waals surface area contributed by atoms with Crippen molar-refractivity contribution in [1.82, 2.24) is 10.2 Å².